The number of hydrazine groups is 2. The molecule has 5 nitrogen and oxygen atoms in total. The summed E-state index contributed by atoms with van der Waals surface area (Å²) in [5.41, 5.74) is 3.38. The molecule has 0 aliphatic heterocycles. The molecule has 5 N–H and O–H groups in total. The van der Waals surface area contributed by atoms with Crippen LogP contribution in [-0.2, 0) is 0 Å². The Balaban J connectivity index is 3.46. The highest BCUT2D eigenvalue weighted by Gasteiger charge is 2.27. The first kappa shape index (κ1) is 8.98. The molecule has 0 aliphatic carbocycles. The molecule has 0 saturated carbocycles. The van der Waals surface area contributed by atoms with E-state index in [4.69, 9.17) is 0 Å². The number of hydrogen-bond donors (Lipinski definition) is 4. The first-order chi connectivity index (χ1) is 4.45. The topological polar surface area (TPSA) is 79.2 Å². The fraction of sp³-hybridized carbons (Fsp3) is 0.500. The highest BCUT2D eigenvalue weighted by Crippen LogP contribution is 2.06. The van der Waals surface area contributed by atoms with Crippen LogP contribution < -0.4 is 22.1 Å². The van der Waals surface area contributed by atoms with Crippen LogP contribution in [0.5, 0.6) is 0 Å². The van der Waals surface area contributed by atoms with Gasteiger partial charge in [-0.05, 0) is 0 Å². The zero-order valence-corrected chi connectivity index (χ0v) is 4.62. The first-order valence-electron chi connectivity index (χ1n) is 2.06. The van der Waals surface area contributed by atoms with Crippen LogP contribution in [0.4, 0.5) is 18.0 Å². The summed E-state index contributed by atoms with van der Waals surface area (Å²) in [6, 6.07) is -1.17. The summed E-state index contributed by atoms with van der Waals surface area (Å²) in [4.78, 5) is 9.95. The molecule has 0 heterocycles. The van der Waals surface area contributed by atoms with Gasteiger partial charge < -0.3 is 0 Å². The van der Waals surface area contributed by atoms with E-state index in [1.54, 1.807) is 0 Å². The molecule has 0 saturated heterocycles. The van der Waals surface area contributed by atoms with Crippen LogP contribution in [0, 0.1) is 0 Å². The smallest absolute Gasteiger partial charge is 0.275 e. The van der Waals surface area contributed by atoms with E-state index < -0.39 is 12.3 Å². The lowest BCUT2D eigenvalue weighted by Gasteiger charge is -2.08. The lowest BCUT2D eigenvalue weighted by molar-refractivity contribution is -0.163. The van der Waals surface area contributed by atoms with Gasteiger partial charge in [0.15, 0.2) is 0 Å². The highest BCUT2D eigenvalue weighted by molar-refractivity contribution is 5.72. The number of rotatable bonds is 1. The maximum Gasteiger partial charge on any atom is 0.474 e. The van der Waals surface area contributed by atoms with Crippen molar-refractivity contribution < 1.29 is 18.0 Å². The van der Waals surface area contributed by atoms with Crippen LogP contribution in [0.3, 0.4) is 0 Å². The molecule has 0 unspecified atom stereocenters. The molecule has 0 atom stereocenters. The van der Waals surface area contributed by atoms with Crippen LogP contribution >= 0.6 is 0 Å². The van der Waals surface area contributed by atoms with Crippen molar-refractivity contribution in [2.24, 2.45) is 5.84 Å². The van der Waals surface area contributed by atoms with Crippen molar-refractivity contribution in [3.8, 4) is 0 Å². The summed E-state index contributed by atoms with van der Waals surface area (Å²) in [6.45, 7) is 0. The lowest BCUT2D eigenvalue weighted by Crippen LogP contribution is -2.52. The Morgan fingerprint density at radius 1 is 1.40 bits per heavy atom. The maximum atomic E-state index is 11.2. The van der Waals surface area contributed by atoms with Gasteiger partial charge in [0.05, 0.1) is 0 Å². The fourth-order valence-corrected chi connectivity index (χ4v) is 0.164. The van der Waals surface area contributed by atoms with Crippen molar-refractivity contribution in [1.29, 1.82) is 0 Å². The summed E-state index contributed by atoms with van der Waals surface area (Å²) in [5, 5.41) is 0. The normalized spacial score (nSPS) is 10.8. The average molecular weight is 158 g/mol. The van der Waals surface area contributed by atoms with Gasteiger partial charge in [0.1, 0.15) is 0 Å². The number of amides is 2. The van der Waals surface area contributed by atoms with E-state index in [-0.39, 0.29) is 0 Å². The molecule has 10 heavy (non-hydrogen) atoms. The first-order valence-corrected chi connectivity index (χ1v) is 2.06. The molecule has 0 aliphatic rings. The third kappa shape index (κ3) is 5.12. The quantitative estimate of drug-likeness (QED) is 0.174. The summed E-state index contributed by atoms with van der Waals surface area (Å²) < 4.78 is 33.5. The van der Waals surface area contributed by atoms with E-state index in [0.717, 1.165) is 5.43 Å². The summed E-state index contributed by atoms with van der Waals surface area (Å²) >= 11 is 0. The van der Waals surface area contributed by atoms with E-state index in [1.165, 1.54) is 10.9 Å². The Hall–Kier alpha value is -1.02. The zero-order chi connectivity index (χ0) is 8.20. The van der Waals surface area contributed by atoms with Crippen LogP contribution in [0.15, 0.2) is 0 Å². The number of halogens is 3. The van der Waals surface area contributed by atoms with Gasteiger partial charge in [-0.2, -0.15) is 13.2 Å². The number of nitrogens with one attached hydrogen (secondary N) is 3. The second-order valence-corrected chi connectivity index (χ2v) is 1.22. The summed E-state index contributed by atoms with van der Waals surface area (Å²) in [7, 11) is 0. The number of carbonyl (C=O) groups excluding carboxylic acids is 1. The largest absolute Gasteiger partial charge is 0.474 e. The van der Waals surface area contributed by atoms with E-state index in [0.29, 0.717) is 0 Å². The van der Waals surface area contributed by atoms with Gasteiger partial charge in [0, 0.05) is 0 Å². The number of urea groups is 1. The van der Waals surface area contributed by atoms with Crippen molar-refractivity contribution in [2.45, 2.75) is 6.30 Å². The number of nitrogens with two attached hydrogens (primary N) is 1. The predicted molar refractivity (Wildman–Crippen MR) is 25.0 cm³/mol. The van der Waals surface area contributed by atoms with Crippen LogP contribution in [0.25, 0.3) is 0 Å². The van der Waals surface area contributed by atoms with Crippen LogP contribution in [0.2, 0.25) is 0 Å². The molecule has 0 fully saturated rings. The van der Waals surface area contributed by atoms with Crippen molar-refractivity contribution in [3.05, 3.63) is 0 Å². The lowest BCUT2D eigenvalue weighted by atomic mass is 11.1. The Labute approximate surface area is 53.7 Å². The van der Waals surface area contributed by atoms with Crippen LogP contribution in [0.1, 0.15) is 0 Å². The fourth-order valence-electron chi connectivity index (χ4n) is 0.164. The SMILES string of the molecule is NNC(=O)NNC(F)(F)F. The zero-order valence-electron chi connectivity index (χ0n) is 4.62. The van der Waals surface area contributed by atoms with Crippen LogP contribution in [-0.4, -0.2) is 12.3 Å². The minimum absolute atomic E-state index is 0.731. The average Bonchev–Trinajstić information content (AvgIpc) is 1.81. The predicted octanol–water partition coefficient (Wildman–Crippen LogP) is -0.816. The van der Waals surface area contributed by atoms with Gasteiger partial charge in [0.25, 0.3) is 0 Å². The van der Waals surface area contributed by atoms with Gasteiger partial charge in [-0.3, -0.25) is 10.9 Å². The molecule has 0 bridgehead atoms. The van der Waals surface area contributed by atoms with E-state index in [1.807, 2.05) is 0 Å². The van der Waals surface area contributed by atoms with Crippen molar-refractivity contribution >= 4 is 6.03 Å². The van der Waals surface area contributed by atoms with Gasteiger partial charge >= 0.3 is 12.3 Å². The molecule has 0 aromatic heterocycles. The molecule has 60 valence electrons. The summed E-state index contributed by atoms with van der Waals surface area (Å²) in [5.74, 6) is 4.43. The standard InChI is InChI=1S/C2H5F3N4O/c3-2(4,5)9-8-1(10)7-6/h9H,6H2,(H2,7,8,10). The third-order valence-electron chi connectivity index (χ3n) is 0.449. The van der Waals surface area contributed by atoms with Gasteiger partial charge in [-0.15, -0.1) is 5.43 Å². The van der Waals surface area contributed by atoms with E-state index in [9.17, 15) is 18.0 Å². The van der Waals surface area contributed by atoms with E-state index >= 15 is 0 Å². The second-order valence-electron chi connectivity index (χ2n) is 1.22. The van der Waals surface area contributed by atoms with Gasteiger partial charge in [-0.25, -0.2) is 10.6 Å². The van der Waals surface area contributed by atoms with Crippen molar-refractivity contribution in [1.82, 2.24) is 16.3 Å². The molecular formula is C2H5F3N4O. The number of alkyl halides is 3. The minimum Gasteiger partial charge on any atom is -0.275 e. The highest BCUT2D eigenvalue weighted by atomic mass is 19.4. The Morgan fingerprint density at radius 2 is 1.90 bits per heavy atom. The third-order valence-corrected chi connectivity index (χ3v) is 0.449. The van der Waals surface area contributed by atoms with Crippen molar-refractivity contribution in [2.75, 3.05) is 0 Å². The van der Waals surface area contributed by atoms with E-state index in [2.05, 4.69) is 5.84 Å². The molecule has 0 aromatic rings. The Bertz CT molecular complexity index is 122. The Kier molecular flexibility index (Phi) is 2.90. The molecule has 0 rings (SSSR count). The number of carbonyl (C=O) groups is 1. The van der Waals surface area contributed by atoms with Gasteiger partial charge in [0.2, 0.25) is 0 Å². The molecule has 8 heteroatoms. The summed E-state index contributed by atoms with van der Waals surface area (Å²) in [6.07, 6.45) is -4.65. The maximum absolute atomic E-state index is 11.2. The molecule has 2 amide bonds. The Morgan fingerprint density at radius 3 is 2.20 bits per heavy atom. The molecular weight excluding hydrogens is 153 g/mol. The molecule has 0 spiro atoms. The molecule has 0 radical (unpaired) electrons. The minimum atomic E-state index is -4.65. The monoisotopic (exact) mass is 158 g/mol. The second kappa shape index (κ2) is 3.22. The molecule has 0 aromatic carbocycles. The van der Waals surface area contributed by atoms with Crippen molar-refractivity contribution in [3.63, 3.8) is 0 Å². The number of hydrogen-bond acceptors (Lipinski definition) is 3. The van der Waals surface area contributed by atoms with Gasteiger partial charge in [-0.1, -0.05) is 0 Å².